The van der Waals surface area contributed by atoms with Crippen molar-refractivity contribution in [2.45, 2.75) is 43.4 Å². The van der Waals surface area contributed by atoms with Gasteiger partial charge in [0.1, 0.15) is 30.5 Å². The van der Waals surface area contributed by atoms with Crippen LogP contribution in [0.25, 0.3) is 0 Å². The Labute approximate surface area is 259 Å². The summed E-state index contributed by atoms with van der Waals surface area (Å²) in [6, 6.07) is 17.6. The minimum atomic E-state index is -0.407. The molecule has 3 aromatic carbocycles. The first-order valence-electron chi connectivity index (χ1n) is 14.1. The van der Waals surface area contributed by atoms with E-state index in [1.165, 1.54) is 18.2 Å². The summed E-state index contributed by atoms with van der Waals surface area (Å²) >= 11 is 18.8. The molecular weight excluding hydrogens is 600 g/mol. The van der Waals surface area contributed by atoms with Crippen molar-refractivity contribution >= 4 is 40.7 Å². The fraction of sp³-hybridized carbons (Fsp3) is 0.344. The molecule has 0 spiro atoms. The first-order valence-corrected chi connectivity index (χ1v) is 15.2. The number of carbonyl (C=O) groups excluding carboxylic acids is 1. The number of fused-ring (bicyclic) bond motifs is 2. The SMILES string of the molecule is O=C(C1=CCC2(c3ccc(OCCOc4cc(F)ccc4Cl)cc3)CNCC1N2)N(Cc1cccc(Cl)c1Cl)C1CC1. The van der Waals surface area contributed by atoms with E-state index in [1.54, 1.807) is 6.07 Å². The Balaban J connectivity index is 1.10. The smallest absolute Gasteiger partial charge is 0.251 e. The summed E-state index contributed by atoms with van der Waals surface area (Å²) < 4.78 is 24.8. The van der Waals surface area contributed by atoms with Crippen LogP contribution in [0.5, 0.6) is 11.5 Å². The second-order valence-electron chi connectivity index (χ2n) is 10.9. The topological polar surface area (TPSA) is 62.8 Å². The summed E-state index contributed by atoms with van der Waals surface area (Å²) in [6.45, 7) is 2.37. The van der Waals surface area contributed by atoms with Crippen LogP contribution in [0.4, 0.5) is 4.39 Å². The second kappa shape index (κ2) is 12.4. The van der Waals surface area contributed by atoms with E-state index in [0.29, 0.717) is 40.3 Å². The van der Waals surface area contributed by atoms with Crippen molar-refractivity contribution in [3.63, 3.8) is 0 Å². The van der Waals surface area contributed by atoms with Gasteiger partial charge in [0.15, 0.2) is 0 Å². The molecule has 0 radical (unpaired) electrons. The molecule has 1 amide bonds. The Hall–Kier alpha value is -2.81. The van der Waals surface area contributed by atoms with Crippen LogP contribution in [0, 0.1) is 5.82 Å². The van der Waals surface area contributed by atoms with E-state index in [4.69, 9.17) is 44.3 Å². The van der Waals surface area contributed by atoms with Crippen molar-refractivity contribution < 1.29 is 18.7 Å². The number of rotatable bonds is 10. The molecule has 2 atom stereocenters. The van der Waals surface area contributed by atoms with Crippen LogP contribution in [-0.2, 0) is 16.9 Å². The number of piperazine rings is 1. The first kappa shape index (κ1) is 29.3. The Kier molecular flexibility index (Phi) is 8.66. The van der Waals surface area contributed by atoms with Gasteiger partial charge < -0.3 is 19.7 Å². The number of carbonyl (C=O) groups is 1. The lowest BCUT2D eigenvalue weighted by molar-refractivity contribution is -0.129. The summed E-state index contributed by atoms with van der Waals surface area (Å²) in [4.78, 5) is 15.8. The van der Waals surface area contributed by atoms with Crippen molar-refractivity contribution in [1.29, 1.82) is 0 Å². The highest BCUT2D eigenvalue weighted by atomic mass is 35.5. The summed E-state index contributed by atoms with van der Waals surface area (Å²) in [5.74, 6) is 0.632. The maximum atomic E-state index is 13.9. The molecule has 2 heterocycles. The largest absolute Gasteiger partial charge is 0.490 e. The molecule has 10 heteroatoms. The number of ether oxygens (including phenoxy) is 2. The zero-order valence-corrected chi connectivity index (χ0v) is 25.1. The van der Waals surface area contributed by atoms with Gasteiger partial charge in [-0.25, -0.2) is 4.39 Å². The van der Waals surface area contributed by atoms with Gasteiger partial charge in [0.05, 0.1) is 26.6 Å². The third kappa shape index (κ3) is 6.26. The molecule has 2 N–H and O–H groups in total. The van der Waals surface area contributed by atoms with Crippen molar-refractivity contribution in [1.82, 2.24) is 15.5 Å². The Morgan fingerprint density at radius 3 is 2.57 bits per heavy atom. The molecule has 2 fully saturated rings. The number of amides is 1. The van der Waals surface area contributed by atoms with E-state index >= 15 is 0 Å². The molecule has 0 aromatic heterocycles. The molecule has 2 unspecified atom stereocenters. The highest BCUT2D eigenvalue weighted by molar-refractivity contribution is 6.42. The normalized spacial score (nSPS) is 21.4. The summed E-state index contributed by atoms with van der Waals surface area (Å²) in [5.41, 5.74) is 2.43. The molecule has 2 bridgehead atoms. The maximum absolute atomic E-state index is 13.9. The fourth-order valence-corrected chi connectivity index (χ4v) is 6.24. The molecule has 6 nitrogen and oxygen atoms in total. The van der Waals surface area contributed by atoms with Gasteiger partial charge in [-0.15, -0.1) is 0 Å². The number of nitrogens with one attached hydrogen (secondary N) is 2. The minimum Gasteiger partial charge on any atom is -0.490 e. The van der Waals surface area contributed by atoms with E-state index in [1.807, 2.05) is 29.2 Å². The lowest BCUT2D eigenvalue weighted by atomic mass is 9.78. The maximum Gasteiger partial charge on any atom is 0.251 e. The van der Waals surface area contributed by atoms with Crippen LogP contribution in [0.15, 0.2) is 72.3 Å². The van der Waals surface area contributed by atoms with Crippen molar-refractivity contribution in [2.24, 2.45) is 0 Å². The lowest BCUT2D eigenvalue weighted by Crippen LogP contribution is -2.65. The summed E-state index contributed by atoms with van der Waals surface area (Å²) in [5, 5.41) is 8.68. The minimum absolute atomic E-state index is 0.0498. The predicted molar refractivity (Wildman–Crippen MR) is 163 cm³/mol. The third-order valence-corrected chi connectivity index (χ3v) is 9.22. The quantitative estimate of drug-likeness (QED) is 0.250. The Bertz CT molecular complexity index is 1500. The van der Waals surface area contributed by atoms with Crippen molar-refractivity contribution in [2.75, 3.05) is 26.3 Å². The van der Waals surface area contributed by atoms with E-state index in [-0.39, 0.29) is 42.5 Å². The first-order chi connectivity index (χ1) is 20.3. The molecule has 3 aromatic rings. The van der Waals surface area contributed by atoms with E-state index in [2.05, 4.69) is 28.8 Å². The van der Waals surface area contributed by atoms with Gasteiger partial charge in [0, 0.05) is 37.3 Å². The van der Waals surface area contributed by atoms with Crippen LogP contribution >= 0.6 is 34.8 Å². The number of halogens is 4. The monoisotopic (exact) mass is 629 g/mol. The van der Waals surface area contributed by atoms with E-state index < -0.39 is 5.82 Å². The van der Waals surface area contributed by atoms with Crippen LogP contribution in [0.2, 0.25) is 15.1 Å². The second-order valence-corrected chi connectivity index (χ2v) is 12.1. The molecule has 1 saturated heterocycles. The Morgan fingerprint density at radius 1 is 1.00 bits per heavy atom. The van der Waals surface area contributed by atoms with E-state index in [0.717, 1.165) is 36.1 Å². The summed E-state index contributed by atoms with van der Waals surface area (Å²) in [7, 11) is 0. The molecule has 220 valence electrons. The average molecular weight is 631 g/mol. The lowest BCUT2D eigenvalue weighted by Gasteiger charge is -2.47. The van der Waals surface area contributed by atoms with Crippen molar-refractivity contribution in [3.05, 3.63) is 104 Å². The summed E-state index contributed by atoms with van der Waals surface area (Å²) in [6.07, 6.45) is 4.78. The Morgan fingerprint density at radius 2 is 1.79 bits per heavy atom. The van der Waals surface area contributed by atoms with E-state index in [9.17, 15) is 9.18 Å². The van der Waals surface area contributed by atoms with Gasteiger partial charge in [-0.05, 0) is 60.7 Å². The number of hydrogen-bond donors (Lipinski definition) is 2. The number of hydrogen-bond acceptors (Lipinski definition) is 5. The standard InChI is InChI=1S/C32H31Cl3FN3O3/c33-26-11-6-22(36)16-29(26)42-15-14-41-24-9-4-21(5-10-24)32-13-12-25(28(38-32)17-37-19-32)31(40)39(23-7-8-23)18-20-2-1-3-27(34)30(20)35/h1-6,9-12,16,23,28,37-38H,7-8,13-15,17-19H2. The zero-order chi connectivity index (χ0) is 29.3. The molecule has 3 aliphatic rings. The van der Waals surface area contributed by atoms with Gasteiger partial charge in [-0.2, -0.15) is 0 Å². The van der Waals surface area contributed by atoms with Crippen LogP contribution < -0.4 is 20.1 Å². The average Bonchev–Trinajstić information content (AvgIpc) is 3.83. The molecule has 6 rings (SSSR count). The van der Waals surface area contributed by atoms with Crippen LogP contribution in [-0.4, -0.2) is 49.2 Å². The molecule has 1 aliphatic carbocycles. The van der Waals surface area contributed by atoms with Gasteiger partial charge in [0.2, 0.25) is 0 Å². The zero-order valence-electron chi connectivity index (χ0n) is 22.8. The van der Waals surface area contributed by atoms with Gasteiger partial charge in [0.25, 0.3) is 5.91 Å². The number of nitrogens with zero attached hydrogens (tertiary/aromatic N) is 1. The van der Waals surface area contributed by atoms with Gasteiger partial charge in [-0.3, -0.25) is 10.1 Å². The molecule has 42 heavy (non-hydrogen) atoms. The highest BCUT2D eigenvalue weighted by Gasteiger charge is 2.44. The predicted octanol–water partition coefficient (Wildman–Crippen LogP) is 6.52. The number of benzene rings is 3. The molecule has 1 saturated carbocycles. The highest BCUT2D eigenvalue weighted by Crippen LogP contribution is 2.38. The molecular formula is C32H31Cl3FN3O3. The van der Waals surface area contributed by atoms with Gasteiger partial charge in [-0.1, -0.05) is 65.1 Å². The van der Waals surface area contributed by atoms with Gasteiger partial charge >= 0.3 is 0 Å². The molecule has 2 aliphatic heterocycles. The third-order valence-electron chi connectivity index (χ3n) is 8.05. The van der Waals surface area contributed by atoms with Crippen LogP contribution in [0.1, 0.15) is 30.4 Å². The fourth-order valence-electron chi connectivity index (χ4n) is 5.69. The van der Waals surface area contributed by atoms with Crippen molar-refractivity contribution in [3.8, 4) is 11.5 Å². The van der Waals surface area contributed by atoms with Crippen LogP contribution in [0.3, 0.4) is 0 Å².